The summed E-state index contributed by atoms with van der Waals surface area (Å²) in [6.45, 7) is 1.84. The first-order valence-electron chi connectivity index (χ1n) is 9.16. The minimum atomic E-state index is -0.790. The molecule has 30 heavy (non-hydrogen) atoms. The lowest BCUT2D eigenvalue weighted by Gasteiger charge is -2.10. The van der Waals surface area contributed by atoms with Crippen LogP contribution in [0, 0.1) is 12.7 Å². The maximum atomic E-state index is 13.3. The normalized spacial score (nSPS) is 14.9. The van der Waals surface area contributed by atoms with Gasteiger partial charge >= 0.3 is 0 Å². The number of hydrogen-bond acceptors (Lipinski definition) is 4. The first kappa shape index (κ1) is 19.9. The second-order valence-corrected chi connectivity index (χ2v) is 7.28. The zero-order chi connectivity index (χ0) is 21.4. The van der Waals surface area contributed by atoms with Crippen molar-refractivity contribution in [3.63, 3.8) is 0 Å². The van der Waals surface area contributed by atoms with Crippen LogP contribution in [0.25, 0.3) is 11.1 Å². The molecular formula is C21H18ClFN4O3. The van der Waals surface area contributed by atoms with E-state index in [1.54, 1.807) is 7.11 Å². The molecule has 2 N–H and O–H groups in total. The first-order chi connectivity index (χ1) is 14.4. The first-order valence-corrected chi connectivity index (χ1v) is 9.54. The Balaban J connectivity index is 1.56. The fourth-order valence-electron chi connectivity index (χ4n) is 3.45. The molecule has 2 amide bonds. The smallest absolute Gasteiger partial charge is 0.251 e. The van der Waals surface area contributed by atoms with E-state index in [2.05, 4.69) is 15.7 Å². The molecule has 1 unspecified atom stereocenters. The van der Waals surface area contributed by atoms with Gasteiger partial charge in [0.2, 0.25) is 5.91 Å². The predicted octanol–water partition coefficient (Wildman–Crippen LogP) is 4.18. The van der Waals surface area contributed by atoms with Crippen LogP contribution in [0.1, 0.15) is 18.2 Å². The Morgan fingerprint density at radius 3 is 2.70 bits per heavy atom. The van der Waals surface area contributed by atoms with Crippen molar-refractivity contribution in [2.24, 2.45) is 0 Å². The maximum absolute atomic E-state index is 13.3. The van der Waals surface area contributed by atoms with Crippen LogP contribution >= 0.6 is 11.6 Å². The van der Waals surface area contributed by atoms with E-state index in [4.69, 9.17) is 16.3 Å². The van der Waals surface area contributed by atoms with E-state index in [1.165, 1.54) is 16.8 Å². The summed E-state index contributed by atoms with van der Waals surface area (Å²) in [4.78, 5) is 25.0. The zero-order valence-corrected chi connectivity index (χ0v) is 17.0. The van der Waals surface area contributed by atoms with E-state index < -0.39 is 17.8 Å². The van der Waals surface area contributed by atoms with Crippen LogP contribution in [-0.2, 0) is 9.59 Å². The third-order valence-corrected chi connectivity index (χ3v) is 5.18. The van der Waals surface area contributed by atoms with E-state index in [-0.39, 0.29) is 17.4 Å². The largest absolute Gasteiger partial charge is 0.497 e. The molecule has 154 valence electrons. The van der Waals surface area contributed by atoms with Gasteiger partial charge in [-0.3, -0.25) is 9.59 Å². The molecule has 9 heteroatoms. The highest BCUT2D eigenvalue weighted by molar-refractivity contribution is 6.31. The lowest BCUT2D eigenvalue weighted by atomic mass is 10.1. The summed E-state index contributed by atoms with van der Waals surface area (Å²) >= 11 is 5.74. The number of halogens is 2. The average molecular weight is 429 g/mol. The van der Waals surface area contributed by atoms with E-state index in [9.17, 15) is 14.0 Å². The van der Waals surface area contributed by atoms with Crippen LogP contribution in [-0.4, -0.2) is 28.7 Å². The maximum Gasteiger partial charge on any atom is 0.251 e. The molecule has 1 atom stereocenters. The van der Waals surface area contributed by atoms with Gasteiger partial charge in [-0.2, -0.15) is 5.10 Å². The van der Waals surface area contributed by atoms with Crippen LogP contribution < -0.4 is 15.4 Å². The van der Waals surface area contributed by atoms with Crippen LogP contribution in [0.3, 0.4) is 0 Å². The van der Waals surface area contributed by atoms with Gasteiger partial charge in [0.25, 0.3) is 5.91 Å². The number of fused-ring (bicyclic) bond motifs is 1. The fourth-order valence-corrected chi connectivity index (χ4v) is 3.63. The van der Waals surface area contributed by atoms with Crippen molar-refractivity contribution in [3.8, 4) is 16.9 Å². The standard InChI is InChI=1S/C21H18ClFN4O3/c1-11-19(12-3-6-14(30-2)7-4-12)20-25-21(29)17(27(20)26-11)10-18(28)24-13-5-8-16(23)15(22)9-13/h3-9,17H,10H2,1-2H3,(H,24,28)(H,25,29). The molecule has 0 fully saturated rings. The summed E-state index contributed by atoms with van der Waals surface area (Å²) in [5, 5.41) is 9.84. The van der Waals surface area contributed by atoms with Gasteiger partial charge in [-0.15, -0.1) is 0 Å². The van der Waals surface area contributed by atoms with Gasteiger partial charge < -0.3 is 15.4 Å². The molecule has 0 spiro atoms. The molecule has 0 aliphatic carbocycles. The van der Waals surface area contributed by atoms with E-state index in [1.807, 2.05) is 31.2 Å². The van der Waals surface area contributed by atoms with Crippen molar-refractivity contribution in [1.29, 1.82) is 0 Å². The Labute approximate surface area is 176 Å². The molecule has 1 aliphatic heterocycles. The van der Waals surface area contributed by atoms with Crippen molar-refractivity contribution in [2.75, 3.05) is 17.7 Å². The number of rotatable bonds is 5. The summed E-state index contributed by atoms with van der Waals surface area (Å²) < 4.78 is 20.0. The summed E-state index contributed by atoms with van der Waals surface area (Å²) in [6, 6.07) is 10.5. The van der Waals surface area contributed by atoms with Crippen molar-refractivity contribution in [1.82, 2.24) is 9.78 Å². The van der Waals surface area contributed by atoms with Gasteiger partial charge in [0.1, 0.15) is 23.4 Å². The predicted molar refractivity (Wildman–Crippen MR) is 111 cm³/mol. The number of hydrogen-bond donors (Lipinski definition) is 2. The van der Waals surface area contributed by atoms with Crippen LogP contribution in [0.4, 0.5) is 15.9 Å². The lowest BCUT2D eigenvalue weighted by molar-refractivity contribution is -0.123. The third-order valence-electron chi connectivity index (χ3n) is 4.89. The van der Waals surface area contributed by atoms with Crippen molar-refractivity contribution in [3.05, 3.63) is 59.0 Å². The van der Waals surface area contributed by atoms with Gasteiger partial charge in [-0.05, 0) is 42.8 Å². The number of carbonyl (C=O) groups is 2. The Kier molecular flexibility index (Phi) is 5.17. The zero-order valence-electron chi connectivity index (χ0n) is 16.2. The Morgan fingerprint density at radius 1 is 1.30 bits per heavy atom. The number of carbonyl (C=O) groups excluding carboxylic acids is 2. The molecule has 1 aliphatic rings. The highest BCUT2D eigenvalue weighted by Crippen LogP contribution is 2.38. The van der Waals surface area contributed by atoms with E-state index in [0.29, 0.717) is 11.5 Å². The highest BCUT2D eigenvalue weighted by atomic mass is 35.5. The molecule has 4 rings (SSSR count). The average Bonchev–Trinajstić information content (AvgIpc) is 3.18. The second-order valence-electron chi connectivity index (χ2n) is 6.87. The van der Waals surface area contributed by atoms with E-state index in [0.717, 1.165) is 28.6 Å². The monoisotopic (exact) mass is 428 g/mol. The molecule has 1 aromatic heterocycles. The quantitative estimate of drug-likeness (QED) is 0.638. The number of amides is 2. The molecule has 0 radical (unpaired) electrons. The Hall–Kier alpha value is -3.39. The summed E-state index contributed by atoms with van der Waals surface area (Å²) in [6.07, 6.45) is -0.128. The molecule has 7 nitrogen and oxygen atoms in total. The second kappa shape index (κ2) is 7.79. The molecule has 0 saturated heterocycles. The van der Waals surface area contributed by atoms with Crippen molar-refractivity contribution >= 4 is 34.9 Å². The third kappa shape index (κ3) is 3.61. The van der Waals surface area contributed by atoms with Crippen molar-refractivity contribution in [2.45, 2.75) is 19.4 Å². The van der Waals surface area contributed by atoms with Crippen LogP contribution in [0.5, 0.6) is 5.75 Å². The number of benzene rings is 2. The molecule has 0 bridgehead atoms. The number of nitrogens with zero attached hydrogens (tertiary/aromatic N) is 2. The molecule has 3 aromatic rings. The van der Waals surface area contributed by atoms with Gasteiger partial charge in [0.15, 0.2) is 0 Å². The van der Waals surface area contributed by atoms with Gasteiger partial charge in [0.05, 0.1) is 24.2 Å². The molecule has 2 aromatic carbocycles. The van der Waals surface area contributed by atoms with E-state index >= 15 is 0 Å². The Bertz CT molecular complexity index is 1140. The number of aromatic nitrogens is 2. The van der Waals surface area contributed by atoms with Gasteiger partial charge in [-0.1, -0.05) is 23.7 Å². The molecule has 0 saturated carbocycles. The summed E-state index contributed by atoms with van der Waals surface area (Å²) in [7, 11) is 1.59. The van der Waals surface area contributed by atoms with Crippen LogP contribution in [0.2, 0.25) is 5.02 Å². The minimum Gasteiger partial charge on any atom is -0.497 e. The highest BCUT2D eigenvalue weighted by Gasteiger charge is 2.36. The molecular weight excluding hydrogens is 411 g/mol. The number of nitrogens with one attached hydrogen (secondary N) is 2. The lowest BCUT2D eigenvalue weighted by Crippen LogP contribution is -2.23. The van der Waals surface area contributed by atoms with Crippen LogP contribution in [0.15, 0.2) is 42.5 Å². The number of ether oxygens (including phenoxy) is 1. The summed E-state index contributed by atoms with van der Waals surface area (Å²) in [5.41, 5.74) is 2.74. The number of anilines is 2. The van der Waals surface area contributed by atoms with Gasteiger partial charge in [-0.25, -0.2) is 9.07 Å². The minimum absolute atomic E-state index is 0.0967. The SMILES string of the molecule is COc1ccc(-c2c(C)nn3c2NC(=O)C3CC(=O)Nc2ccc(F)c(Cl)c2)cc1. The number of methoxy groups -OCH3 is 1. The number of aryl methyl sites for hydroxylation is 1. The Morgan fingerprint density at radius 2 is 2.03 bits per heavy atom. The molecule has 2 heterocycles. The summed E-state index contributed by atoms with van der Waals surface area (Å²) in [5.74, 6) is -0.0399. The van der Waals surface area contributed by atoms with Gasteiger partial charge in [0, 0.05) is 11.3 Å². The fraction of sp³-hybridized carbons (Fsp3) is 0.190. The topological polar surface area (TPSA) is 85.2 Å². The van der Waals surface area contributed by atoms with Crippen molar-refractivity contribution < 1.29 is 18.7 Å².